The van der Waals surface area contributed by atoms with Crippen LogP contribution in [0.4, 0.5) is 0 Å². The molecule has 6 heteroatoms. The van der Waals surface area contributed by atoms with Crippen LogP contribution in [-0.2, 0) is 13.0 Å². The molecule has 0 bridgehead atoms. The summed E-state index contributed by atoms with van der Waals surface area (Å²) in [6, 6.07) is 20.5. The predicted molar refractivity (Wildman–Crippen MR) is 125 cm³/mol. The number of pyridine rings is 1. The first-order valence-electron chi connectivity index (χ1n) is 11.1. The second-order valence-corrected chi connectivity index (χ2v) is 7.86. The van der Waals surface area contributed by atoms with Crippen molar-refractivity contribution in [2.24, 2.45) is 0 Å². The maximum Gasteiger partial charge on any atom is 0.203 e. The van der Waals surface area contributed by atoms with Gasteiger partial charge in [0.1, 0.15) is 6.61 Å². The van der Waals surface area contributed by atoms with E-state index in [1.165, 1.54) is 0 Å². The van der Waals surface area contributed by atoms with Crippen molar-refractivity contribution < 1.29 is 14.2 Å². The molecule has 4 rings (SSSR count). The van der Waals surface area contributed by atoms with E-state index in [0.717, 1.165) is 49.4 Å². The molecule has 0 saturated carbocycles. The molecule has 1 N–H and O–H groups in total. The van der Waals surface area contributed by atoms with E-state index in [4.69, 9.17) is 14.2 Å². The third-order valence-corrected chi connectivity index (χ3v) is 5.81. The van der Waals surface area contributed by atoms with Gasteiger partial charge in [-0.1, -0.05) is 36.4 Å². The van der Waals surface area contributed by atoms with Gasteiger partial charge < -0.3 is 19.5 Å². The fourth-order valence-electron chi connectivity index (χ4n) is 4.13. The summed E-state index contributed by atoms with van der Waals surface area (Å²) in [5.74, 6) is 1.98. The number of hydrogen-bond donors (Lipinski definition) is 1. The molecular formula is C26H31N3O3. The Balaban J connectivity index is 1.65. The number of rotatable bonds is 9. The number of hydrogen-bond acceptors (Lipinski definition) is 6. The van der Waals surface area contributed by atoms with Crippen LogP contribution >= 0.6 is 0 Å². The lowest BCUT2D eigenvalue weighted by Gasteiger charge is -2.35. The highest BCUT2D eigenvalue weighted by atomic mass is 16.5. The first-order chi connectivity index (χ1) is 15.8. The topological polar surface area (TPSA) is 55.9 Å². The van der Waals surface area contributed by atoms with Gasteiger partial charge in [0.05, 0.1) is 14.2 Å². The average molecular weight is 434 g/mol. The van der Waals surface area contributed by atoms with Crippen molar-refractivity contribution in [1.29, 1.82) is 0 Å². The van der Waals surface area contributed by atoms with Crippen molar-refractivity contribution in [2.45, 2.75) is 19.1 Å². The lowest BCUT2D eigenvalue weighted by atomic mass is 9.98. The van der Waals surface area contributed by atoms with Crippen LogP contribution in [0.2, 0.25) is 0 Å². The molecule has 1 aromatic heterocycles. The Morgan fingerprint density at radius 2 is 1.62 bits per heavy atom. The summed E-state index contributed by atoms with van der Waals surface area (Å²) in [5, 5.41) is 3.44. The molecule has 1 saturated heterocycles. The highest BCUT2D eigenvalue weighted by Crippen LogP contribution is 2.42. The van der Waals surface area contributed by atoms with Crippen LogP contribution in [0.3, 0.4) is 0 Å². The lowest BCUT2D eigenvalue weighted by Crippen LogP contribution is -2.45. The van der Waals surface area contributed by atoms with Gasteiger partial charge in [0.15, 0.2) is 11.5 Å². The standard InChI is InChI=1S/C26H31N3O3/c1-30-24-16-21(17-25(31-2)26(24)32-19-20-8-4-3-5-9-20)23(29-14-12-27-13-15-29)18-22-10-6-7-11-28-22/h3-11,16-17,23,27H,12-15,18-19H2,1-2H3. The molecule has 0 spiro atoms. The van der Waals surface area contributed by atoms with Gasteiger partial charge in [-0.15, -0.1) is 0 Å². The number of methoxy groups -OCH3 is 2. The molecule has 2 heterocycles. The molecule has 0 amide bonds. The molecule has 1 aliphatic rings. The highest BCUT2D eigenvalue weighted by molar-refractivity contribution is 5.54. The molecular weight excluding hydrogens is 402 g/mol. The largest absolute Gasteiger partial charge is 0.493 e. The van der Waals surface area contributed by atoms with Crippen molar-refractivity contribution in [2.75, 3.05) is 40.4 Å². The summed E-state index contributed by atoms with van der Waals surface area (Å²) in [4.78, 5) is 7.08. The van der Waals surface area contributed by atoms with Gasteiger partial charge in [-0.25, -0.2) is 0 Å². The molecule has 0 aliphatic carbocycles. The number of aromatic nitrogens is 1. The minimum absolute atomic E-state index is 0.165. The summed E-state index contributed by atoms with van der Waals surface area (Å²) < 4.78 is 17.7. The number of benzene rings is 2. The SMILES string of the molecule is COc1cc(C(Cc2ccccn2)N2CCNCC2)cc(OC)c1OCc1ccccc1. The van der Waals surface area contributed by atoms with E-state index in [0.29, 0.717) is 23.9 Å². The zero-order chi connectivity index (χ0) is 22.2. The highest BCUT2D eigenvalue weighted by Gasteiger charge is 2.26. The number of nitrogens with one attached hydrogen (secondary N) is 1. The molecule has 1 fully saturated rings. The van der Waals surface area contributed by atoms with E-state index < -0.39 is 0 Å². The minimum Gasteiger partial charge on any atom is -0.493 e. The summed E-state index contributed by atoms with van der Waals surface area (Å²) in [7, 11) is 3.35. The van der Waals surface area contributed by atoms with Crippen LogP contribution in [0, 0.1) is 0 Å². The molecule has 168 valence electrons. The van der Waals surface area contributed by atoms with Crippen LogP contribution in [0.1, 0.15) is 22.9 Å². The molecule has 1 aliphatic heterocycles. The van der Waals surface area contributed by atoms with Crippen molar-refractivity contribution in [1.82, 2.24) is 15.2 Å². The normalized spacial score (nSPS) is 15.2. The smallest absolute Gasteiger partial charge is 0.203 e. The van der Waals surface area contributed by atoms with Gasteiger partial charge in [0.25, 0.3) is 0 Å². The van der Waals surface area contributed by atoms with Crippen molar-refractivity contribution in [3.05, 3.63) is 83.7 Å². The van der Waals surface area contributed by atoms with E-state index in [1.54, 1.807) is 14.2 Å². The third kappa shape index (κ3) is 5.39. The van der Waals surface area contributed by atoms with E-state index >= 15 is 0 Å². The van der Waals surface area contributed by atoms with Crippen LogP contribution < -0.4 is 19.5 Å². The van der Waals surface area contributed by atoms with Gasteiger partial charge in [-0.05, 0) is 35.4 Å². The first-order valence-corrected chi connectivity index (χ1v) is 11.1. The van der Waals surface area contributed by atoms with E-state index in [-0.39, 0.29) is 6.04 Å². The Morgan fingerprint density at radius 3 is 2.25 bits per heavy atom. The molecule has 2 aromatic carbocycles. The van der Waals surface area contributed by atoms with Gasteiger partial charge in [-0.2, -0.15) is 0 Å². The molecule has 1 atom stereocenters. The zero-order valence-corrected chi connectivity index (χ0v) is 18.8. The van der Waals surface area contributed by atoms with Crippen molar-refractivity contribution in [3.63, 3.8) is 0 Å². The molecule has 6 nitrogen and oxygen atoms in total. The Labute approximate surface area is 190 Å². The third-order valence-electron chi connectivity index (χ3n) is 5.81. The minimum atomic E-state index is 0.165. The Kier molecular flexibility index (Phi) is 7.59. The predicted octanol–water partition coefficient (Wildman–Crippen LogP) is 3.87. The maximum absolute atomic E-state index is 6.15. The Bertz CT molecular complexity index is 951. The summed E-state index contributed by atoms with van der Waals surface area (Å²) >= 11 is 0. The van der Waals surface area contributed by atoms with Gasteiger partial charge in [0.2, 0.25) is 5.75 Å². The summed E-state index contributed by atoms with van der Waals surface area (Å²) in [5.41, 5.74) is 3.30. The van der Waals surface area contributed by atoms with E-state index in [1.807, 2.05) is 48.7 Å². The number of nitrogens with zero attached hydrogens (tertiary/aromatic N) is 2. The van der Waals surface area contributed by atoms with Gasteiger partial charge in [-0.3, -0.25) is 9.88 Å². The second-order valence-electron chi connectivity index (χ2n) is 7.86. The van der Waals surface area contributed by atoms with Crippen LogP contribution in [0.5, 0.6) is 17.2 Å². The molecule has 32 heavy (non-hydrogen) atoms. The number of piperazine rings is 1. The van der Waals surface area contributed by atoms with Gasteiger partial charge >= 0.3 is 0 Å². The van der Waals surface area contributed by atoms with E-state index in [2.05, 4.69) is 33.4 Å². The first kappa shape index (κ1) is 22.1. The van der Waals surface area contributed by atoms with Crippen molar-refractivity contribution in [3.8, 4) is 17.2 Å². The van der Waals surface area contributed by atoms with E-state index in [9.17, 15) is 0 Å². The zero-order valence-electron chi connectivity index (χ0n) is 18.8. The maximum atomic E-state index is 6.15. The van der Waals surface area contributed by atoms with Crippen LogP contribution in [0.25, 0.3) is 0 Å². The average Bonchev–Trinajstić information content (AvgIpc) is 2.87. The van der Waals surface area contributed by atoms with Gasteiger partial charge in [0, 0.05) is 50.5 Å². The fourth-order valence-corrected chi connectivity index (χ4v) is 4.13. The van der Waals surface area contributed by atoms with Crippen molar-refractivity contribution >= 4 is 0 Å². The summed E-state index contributed by atoms with van der Waals surface area (Å²) in [6.07, 6.45) is 2.67. The van der Waals surface area contributed by atoms with Crippen LogP contribution in [-0.4, -0.2) is 50.3 Å². The molecule has 3 aromatic rings. The number of ether oxygens (including phenoxy) is 3. The Hall–Kier alpha value is -3.09. The Morgan fingerprint density at radius 1 is 0.938 bits per heavy atom. The van der Waals surface area contributed by atoms with Crippen LogP contribution in [0.15, 0.2) is 66.9 Å². The monoisotopic (exact) mass is 433 g/mol. The lowest BCUT2D eigenvalue weighted by molar-refractivity contribution is 0.170. The fraction of sp³-hybridized carbons (Fsp3) is 0.346. The molecule has 0 radical (unpaired) electrons. The molecule has 1 unspecified atom stereocenters. The summed E-state index contributed by atoms with van der Waals surface area (Å²) in [6.45, 7) is 4.36. The second kappa shape index (κ2) is 11.0. The quantitative estimate of drug-likeness (QED) is 0.553.